The molecule has 110 valence electrons. The Hall–Kier alpha value is -1.16. The van der Waals surface area contributed by atoms with Crippen molar-refractivity contribution < 1.29 is 9.47 Å². The Balaban J connectivity index is 1.94. The fraction of sp³-hybridized carbons (Fsp3) is 0.529. The van der Waals surface area contributed by atoms with Crippen LogP contribution in [0.4, 0.5) is 0 Å². The van der Waals surface area contributed by atoms with Crippen molar-refractivity contribution in [2.24, 2.45) is 0 Å². The van der Waals surface area contributed by atoms with E-state index in [1.807, 2.05) is 0 Å². The van der Waals surface area contributed by atoms with Gasteiger partial charge in [0, 0.05) is 32.8 Å². The molecule has 2 rings (SSSR count). The van der Waals surface area contributed by atoms with E-state index in [1.54, 1.807) is 7.11 Å². The lowest BCUT2D eigenvalue weighted by Gasteiger charge is -2.35. The summed E-state index contributed by atoms with van der Waals surface area (Å²) in [5.74, 6) is 0. The van der Waals surface area contributed by atoms with Crippen molar-refractivity contribution in [1.82, 2.24) is 4.90 Å². The molecule has 1 saturated heterocycles. The van der Waals surface area contributed by atoms with E-state index < -0.39 is 0 Å². The van der Waals surface area contributed by atoms with Crippen LogP contribution in [0.1, 0.15) is 18.9 Å². The van der Waals surface area contributed by atoms with Gasteiger partial charge in [0.05, 0.1) is 13.2 Å². The van der Waals surface area contributed by atoms with E-state index in [1.165, 1.54) is 11.1 Å². The van der Waals surface area contributed by atoms with Gasteiger partial charge >= 0.3 is 0 Å². The van der Waals surface area contributed by atoms with Gasteiger partial charge in [-0.25, -0.2) is 0 Å². The Bertz CT molecular complexity index is 416. The topological polar surface area (TPSA) is 21.7 Å². The Morgan fingerprint density at radius 2 is 2.20 bits per heavy atom. The molecule has 1 atom stereocenters. The molecule has 3 nitrogen and oxygen atoms in total. The average molecular weight is 275 g/mol. The number of hydrogen-bond donors (Lipinski definition) is 0. The Morgan fingerprint density at radius 3 is 2.95 bits per heavy atom. The zero-order valence-corrected chi connectivity index (χ0v) is 12.5. The van der Waals surface area contributed by atoms with E-state index in [-0.39, 0.29) is 0 Å². The highest BCUT2D eigenvalue weighted by Gasteiger charge is 2.22. The van der Waals surface area contributed by atoms with Gasteiger partial charge < -0.3 is 9.47 Å². The first-order chi connectivity index (χ1) is 9.79. The van der Waals surface area contributed by atoms with Crippen LogP contribution in [0.3, 0.4) is 0 Å². The highest BCUT2D eigenvalue weighted by Crippen LogP contribution is 2.14. The van der Waals surface area contributed by atoms with E-state index in [4.69, 9.17) is 9.47 Å². The maximum Gasteiger partial charge on any atom is 0.0623 e. The predicted octanol–water partition coefficient (Wildman–Crippen LogP) is 2.83. The Labute approximate surface area is 122 Å². The Kier molecular flexibility index (Phi) is 6.25. The van der Waals surface area contributed by atoms with Gasteiger partial charge in [0.2, 0.25) is 0 Å². The largest absolute Gasteiger partial charge is 0.385 e. The van der Waals surface area contributed by atoms with Crippen LogP contribution in [0.15, 0.2) is 35.9 Å². The predicted molar refractivity (Wildman–Crippen MR) is 82.8 cm³/mol. The molecule has 1 aromatic carbocycles. The number of morpholine rings is 1. The van der Waals surface area contributed by atoms with Crippen LogP contribution in [0.2, 0.25) is 0 Å². The first kappa shape index (κ1) is 15.2. The minimum Gasteiger partial charge on any atom is -0.385 e. The second-order valence-corrected chi connectivity index (χ2v) is 5.38. The lowest BCUT2D eigenvalue weighted by molar-refractivity contribution is -0.0134. The molecule has 1 aromatic rings. The van der Waals surface area contributed by atoms with Crippen molar-refractivity contribution >= 4 is 6.08 Å². The summed E-state index contributed by atoms with van der Waals surface area (Å²) in [5, 5.41) is 0. The van der Waals surface area contributed by atoms with Crippen molar-refractivity contribution in [3.8, 4) is 0 Å². The molecular formula is C17H25NO2. The first-order valence-electron chi connectivity index (χ1n) is 7.32. The van der Waals surface area contributed by atoms with E-state index in [9.17, 15) is 0 Å². The van der Waals surface area contributed by atoms with Crippen molar-refractivity contribution in [3.63, 3.8) is 0 Å². The summed E-state index contributed by atoms with van der Waals surface area (Å²) in [6.07, 6.45) is 3.30. The maximum absolute atomic E-state index is 5.59. The quantitative estimate of drug-likeness (QED) is 0.797. The van der Waals surface area contributed by atoms with E-state index in [0.717, 1.165) is 39.3 Å². The maximum atomic E-state index is 5.59. The van der Waals surface area contributed by atoms with Gasteiger partial charge in [-0.3, -0.25) is 4.90 Å². The molecule has 3 heteroatoms. The molecule has 0 bridgehead atoms. The first-order valence-corrected chi connectivity index (χ1v) is 7.32. The van der Waals surface area contributed by atoms with Crippen molar-refractivity contribution in [1.29, 1.82) is 0 Å². The molecule has 0 N–H and O–H groups in total. The molecule has 1 unspecified atom stereocenters. The standard InChI is InChI=1S/C17H25NO2/c1-15(12-16-6-4-3-5-7-16)13-18-9-11-20-14-17(18)8-10-19-2/h3-7,12,17H,8-11,13-14H2,1-2H3. The molecule has 0 aromatic heterocycles. The molecule has 1 aliphatic heterocycles. The minimum atomic E-state index is 0.475. The summed E-state index contributed by atoms with van der Waals surface area (Å²) in [6, 6.07) is 11.0. The number of rotatable bonds is 6. The average Bonchev–Trinajstić information content (AvgIpc) is 2.47. The SMILES string of the molecule is COCCC1COCCN1CC(C)=Cc1ccccc1. The summed E-state index contributed by atoms with van der Waals surface area (Å²) < 4.78 is 10.8. The van der Waals surface area contributed by atoms with Crippen molar-refractivity contribution in [2.75, 3.05) is 40.0 Å². The van der Waals surface area contributed by atoms with Crippen LogP contribution >= 0.6 is 0 Å². The normalized spacial score (nSPS) is 21.1. The van der Waals surface area contributed by atoms with Crippen LogP contribution in [-0.2, 0) is 9.47 Å². The number of hydrogen-bond acceptors (Lipinski definition) is 3. The van der Waals surface area contributed by atoms with Gasteiger partial charge in [-0.1, -0.05) is 42.0 Å². The van der Waals surface area contributed by atoms with Gasteiger partial charge in [-0.2, -0.15) is 0 Å². The molecular weight excluding hydrogens is 250 g/mol. The highest BCUT2D eigenvalue weighted by atomic mass is 16.5. The lowest BCUT2D eigenvalue weighted by atomic mass is 10.1. The molecule has 1 aliphatic rings. The molecule has 0 saturated carbocycles. The van der Waals surface area contributed by atoms with E-state index in [0.29, 0.717) is 6.04 Å². The monoisotopic (exact) mass is 275 g/mol. The van der Waals surface area contributed by atoms with Crippen LogP contribution in [0.25, 0.3) is 6.08 Å². The number of benzene rings is 1. The molecule has 1 fully saturated rings. The van der Waals surface area contributed by atoms with Crippen LogP contribution in [0, 0.1) is 0 Å². The molecule has 0 amide bonds. The fourth-order valence-electron chi connectivity index (χ4n) is 2.62. The smallest absolute Gasteiger partial charge is 0.0623 e. The van der Waals surface area contributed by atoms with Gasteiger partial charge in [0.15, 0.2) is 0 Å². The zero-order chi connectivity index (χ0) is 14.2. The summed E-state index contributed by atoms with van der Waals surface area (Å²) >= 11 is 0. The van der Waals surface area contributed by atoms with Gasteiger partial charge in [-0.05, 0) is 18.9 Å². The lowest BCUT2D eigenvalue weighted by Crippen LogP contribution is -2.46. The van der Waals surface area contributed by atoms with Gasteiger partial charge in [-0.15, -0.1) is 0 Å². The Morgan fingerprint density at radius 1 is 1.40 bits per heavy atom. The second kappa shape index (κ2) is 8.20. The van der Waals surface area contributed by atoms with Gasteiger partial charge in [0.1, 0.15) is 0 Å². The van der Waals surface area contributed by atoms with Gasteiger partial charge in [0.25, 0.3) is 0 Å². The van der Waals surface area contributed by atoms with Crippen LogP contribution < -0.4 is 0 Å². The number of nitrogens with zero attached hydrogens (tertiary/aromatic N) is 1. The molecule has 1 heterocycles. The van der Waals surface area contributed by atoms with Crippen molar-refractivity contribution in [3.05, 3.63) is 41.5 Å². The summed E-state index contributed by atoms with van der Waals surface area (Å²) in [4.78, 5) is 2.51. The summed E-state index contributed by atoms with van der Waals surface area (Å²) in [6.45, 7) is 6.67. The minimum absolute atomic E-state index is 0.475. The molecule has 20 heavy (non-hydrogen) atoms. The molecule has 0 spiro atoms. The molecule has 0 aliphatic carbocycles. The highest BCUT2D eigenvalue weighted by molar-refractivity contribution is 5.52. The number of methoxy groups -OCH3 is 1. The van der Waals surface area contributed by atoms with Crippen LogP contribution in [0.5, 0.6) is 0 Å². The summed E-state index contributed by atoms with van der Waals surface area (Å²) in [5.41, 5.74) is 2.66. The van der Waals surface area contributed by atoms with Crippen LogP contribution in [-0.4, -0.2) is 51.0 Å². The second-order valence-electron chi connectivity index (χ2n) is 5.38. The fourth-order valence-corrected chi connectivity index (χ4v) is 2.62. The third-order valence-electron chi connectivity index (χ3n) is 3.67. The zero-order valence-electron chi connectivity index (χ0n) is 12.5. The van der Waals surface area contributed by atoms with E-state index in [2.05, 4.69) is 48.2 Å². The molecule has 0 radical (unpaired) electrons. The number of ether oxygens (including phenoxy) is 2. The third kappa shape index (κ3) is 4.75. The summed E-state index contributed by atoms with van der Waals surface area (Å²) in [7, 11) is 1.76. The van der Waals surface area contributed by atoms with E-state index >= 15 is 0 Å². The third-order valence-corrected chi connectivity index (χ3v) is 3.67. The van der Waals surface area contributed by atoms with Crippen molar-refractivity contribution in [2.45, 2.75) is 19.4 Å².